The van der Waals surface area contributed by atoms with Crippen LogP contribution in [0.4, 0.5) is 11.4 Å². The van der Waals surface area contributed by atoms with Crippen LogP contribution in [-0.2, 0) is 0 Å². The number of rotatable bonds is 6. The van der Waals surface area contributed by atoms with Crippen LogP contribution < -0.4 is 15.0 Å². The first-order chi connectivity index (χ1) is 9.69. The number of methoxy groups -OCH3 is 1. The van der Waals surface area contributed by atoms with E-state index < -0.39 is 0 Å². The van der Waals surface area contributed by atoms with Crippen molar-refractivity contribution in [2.75, 3.05) is 37.5 Å². The van der Waals surface area contributed by atoms with Gasteiger partial charge in [0.05, 0.1) is 7.11 Å². The molecule has 0 heterocycles. The Morgan fingerprint density at radius 3 is 2.30 bits per heavy atom. The Bertz CT molecular complexity index is 525. The Labute approximate surface area is 125 Å². The van der Waals surface area contributed by atoms with Crippen molar-refractivity contribution in [3.05, 3.63) is 53.6 Å². The van der Waals surface area contributed by atoms with Crippen LogP contribution in [0.25, 0.3) is 0 Å². The summed E-state index contributed by atoms with van der Waals surface area (Å²) in [4.78, 5) is 2.20. The summed E-state index contributed by atoms with van der Waals surface area (Å²) in [6.45, 7) is 1.78. The topological polar surface area (TPSA) is 24.5 Å². The molecule has 0 aliphatic carbocycles. The molecule has 0 fully saturated rings. The quantitative estimate of drug-likeness (QED) is 0.873. The molecule has 0 spiro atoms. The lowest BCUT2D eigenvalue weighted by Crippen LogP contribution is -2.24. The highest BCUT2D eigenvalue weighted by atomic mass is 35.5. The SMILES string of the molecule is COc1ccc(N(C)CCNc2ccc(Cl)cc2)cc1. The lowest BCUT2D eigenvalue weighted by Gasteiger charge is -2.20. The van der Waals surface area contributed by atoms with Crippen LogP contribution in [0.2, 0.25) is 5.02 Å². The first-order valence-corrected chi connectivity index (χ1v) is 6.91. The second-order valence-electron chi connectivity index (χ2n) is 4.55. The monoisotopic (exact) mass is 290 g/mol. The summed E-state index contributed by atoms with van der Waals surface area (Å²) in [7, 11) is 3.75. The normalized spacial score (nSPS) is 10.2. The largest absolute Gasteiger partial charge is 0.497 e. The molecule has 0 radical (unpaired) electrons. The van der Waals surface area contributed by atoms with Crippen LogP contribution in [-0.4, -0.2) is 27.2 Å². The highest BCUT2D eigenvalue weighted by Gasteiger charge is 2.01. The molecule has 1 N–H and O–H groups in total. The molecule has 0 atom stereocenters. The summed E-state index contributed by atoms with van der Waals surface area (Å²) in [5.74, 6) is 0.876. The van der Waals surface area contributed by atoms with E-state index in [1.807, 2.05) is 36.4 Å². The second-order valence-corrected chi connectivity index (χ2v) is 4.99. The van der Waals surface area contributed by atoms with E-state index in [4.69, 9.17) is 16.3 Å². The Kier molecular flexibility index (Phi) is 5.13. The Morgan fingerprint density at radius 2 is 1.70 bits per heavy atom. The van der Waals surface area contributed by atoms with Gasteiger partial charge in [0, 0.05) is 36.5 Å². The third kappa shape index (κ3) is 4.07. The first-order valence-electron chi connectivity index (χ1n) is 6.53. The van der Waals surface area contributed by atoms with Crippen LogP contribution in [0.1, 0.15) is 0 Å². The maximum absolute atomic E-state index is 5.85. The summed E-state index contributed by atoms with van der Waals surface area (Å²) in [5, 5.41) is 4.13. The molecule has 0 saturated heterocycles. The average Bonchev–Trinajstić information content (AvgIpc) is 2.49. The van der Waals surface area contributed by atoms with Crippen molar-refractivity contribution in [1.82, 2.24) is 0 Å². The van der Waals surface area contributed by atoms with E-state index in [0.29, 0.717) is 0 Å². The zero-order chi connectivity index (χ0) is 14.4. The predicted molar refractivity (Wildman–Crippen MR) is 86.2 cm³/mol. The predicted octanol–water partition coefficient (Wildman–Crippen LogP) is 3.90. The van der Waals surface area contributed by atoms with Crippen LogP contribution in [0.5, 0.6) is 5.75 Å². The fourth-order valence-corrected chi connectivity index (χ4v) is 2.03. The van der Waals surface area contributed by atoms with E-state index in [2.05, 4.69) is 29.4 Å². The minimum absolute atomic E-state index is 0.755. The van der Waals surface area contributed by atoms with Crippen LogP contribution in [0, 0.1) is 0 Å². The fraction of sp³-hybridized carbons (Fsp3) is 0.250. The molecule has 0 saturated carbocycles. The third-order valence-electron chi connectivity index (χ3n) is 3.13. The maximum Gasteiger partial charge on any atom is 0.119 e. The molecule has 0 bridgehead atoms. The van der Waals surface area contributed by atoms with Gasteiger partial charge in [-0.2, -0.15) is 0 Å². The molecule has 0 aromatic heterocycles. The van der Waals surface area contributed by atoms with Crippen molar-refractivity contribution < 1.29 is 4.74 Å². The van der Waals surface area contributed by atoms with Crippen molar-refractivity contribution in [3.63, 3.8) is 0 Å². The lowest BCUT2D eigenvalue weighted by molar-refractivity contribution is 0.415. The number of ether oxygens (including phenoxy) is 1. The van der Waals surface area contributed by atoms with Gasteiger partial charge in [-0.05, 0) is 48.5 Å². The van der Waals surface area contributed by atoms with Crippen molar-refractivity contribution in [1.29, 1.82) is 0 Å². The third-order valence-corrected chi connectivity index (χ3v) is 3.39. The van der Waals surface area contributed by atoms with Gasteiger partial charge in [0.2, 0.25) is 0 Å². The van der Waals surface area contributed by atoms with E-state index in [1.165, 1.54) is 5.69 Å². The maximum atomic E-state index is 5.85. The molecule has 0 aliphatic rings. The summed E-state index contributed by atoms with van der Waals surface area (Å²) in [6.07, 6.45) is 0. The molecule has 2 aromatic rings. The molecule has 106 valence electrons. The van der Waals surface area contributed by atoms with Gasteiger partial charge >= 0.3 is 0 Å². The van der Waals surface area contributed by atoms with Crippen LogP contribution in [0.3, 0.4) is 0 Å². The summed E-state index contributed by atoms with van der Waals surface area (Å²) >= 11 is 5.85. The molecule has 2 rings (SSSR count). The molecule has 0 amide bonds. The van der Waals surface area contributed by atoms with E-state index in [-0.39, 0.29) is 0 Å². The molecule has 20 heavy (non-hydrogen) atoms. The fourth-order valence-electron chi connectivity index (χ4n) is 1.90. The van der Waals surface area contributed by atoms with E-state index in [9.17, 15) is 0 Å². The molecular weight excluding hydrogens is 272 g/mol. The van der Waals surface area contributed by atoms with Crippen LogP contribution in [0.15, 0.2) is 48.5 Å². The second kappa shape index (κ2) is 7.06. The Morgan fingerprint density at radius 1 is 1.05 bits per heavy atom. The highest BCUT2D eigenvalue weighted by molar-refractivity contribution is 6.30. The first kappa shape index (κ1) is 14.5. The molecule has 0 unspecified atom stereocenters. The Hall–Kier alpha value is -1.87. The number of hydrogen-bond acceptors (Lipinski definition) is 3. The van der Waals surface area contributed by atoms with Crippen molar-refractivity contribution >= 4 is 23.0 Å². The summed E-state index contributed by atoms with van der Waals surface area (Å²) < 4.78 is 5.16. The summed E-state index contributed by atoms with van der Waals surface area (Å²) in [6, 6.07) is 15.8. The minimum Gasteiger partial charge on any atom is -0.497 e. The van der Waals surface area contributed by atoms with Gasteiger partial charge in [-0.25, -0.2) is 0 Å². The van der Waals surface area contributed by atoms with Gasteiger partial charge < -0.3 is 15.0 Å². The van der Waals surface area contributed by atoms with Gasteiger partial charge in [0.25, 0.3) is 0 Å². The number of benzene rings is 2. The zero-order valence-electron chi connectivity index (χ0n) is 11.8. The van der Waals surface area contributed by atoms with E-state index in [1.54, 1.807) is 7.11 Å². The van der Waals surface area contributed by atoms with Gasteiger partial charge in [0.15, 0.2) is 0 Å². The number of halogens is 1. The zero-order valence-corrected chi connectivity index (χ0v) is 12.5. The van der Waals surface area contributed by atoms with Gasteiger partial charge in [-0.1, -0.05) is 11.6 Å². The average molecular weight is 291 g/mol. The van der Waals surface area contributed by atoms with Gasteiger partial charge in [0.1, 0.15) is 5.75 Å². The Balaban J connectivity index is 1.82. The smallest absolute Gasteiger partial charge is 0.119 e. The van der Waals surface area contributed by atoms with Crippen molar-refractivity contribution in [2.45, 2.75) is 0 Å². The molecule has 4 heteroatoms. The summed E-state index contributed by atoms with van der Waals surface area (Å²) in [5.41, 5.74) is 2.25. The number of nitrogens with zero attached hydrogens (tertiary/aromatic N) is 1. The van der Waals surface area contributed by atoms with E-state index in [0.717, 1.165) is 29.5 Å². The van der Waals surface area contributed by atoms with Gasteiger partial charge in [-0.3, -0.25) is 0 Å². The van der Waals surface area contributed by atoms with Gasteiger partial charge in [-0.15, -0.1) is 0 Å². The number of hydrogen-bond donors (Lipinski definition) is 1. The highest BCUT2D eigenvalue weighted by Crippen LogP contribution is 2.18. The van der Waals surface area contributed by atoms with E-state index >= 15 is 0 Å². The molecule has 3 nitrogen and oxygen atoms in total. The lowest BCUT2D eigenvalue weighted by atomic mass is 10.3. The minimum atomic E-state index is 0.755. The number of anilines is 2. The molecular formula is C16H19ClN2O. The number of likely N-dealkylation sites (N-methyl/N-ethyl adjacent to an activating group) is 1. The molecule has 0 aliphatic heterocycles. The molecule has 2 aromatic carbocycles. The van der Waals surface area contributed by atoms with Crippen molar-refractivity contribution in [2.24, 2.45) is 0 Å². The van der Waals surface area contributed by atoms with Crippen LogP contribution >= 0.6 is 11.6 Å². The van der Waals surface area contributed by atoms with Crippen molar-refractivity contribution in [3.8, 4) is 5.75 Å². The number of nitrogens with one attached hydrogen (secondary N) is 1. The standard InChI is InChI=1S/C16H19ClN2O/c1-19(15-7-9-16(20-2)10-8-15)12-11-18-14-5-3-13(17)4-6-14/h3-10,18H,11-12H2,1-2H3.